The molecule has 4 nitrogen and oxygen atoms in total. The van der Waals surface area contributed by atoms with E-state index >= 15 is 0 Å². The maximum absolute atomic E-state index is 10.7. The lowest BCUT2D eigenvalue weighted by Gasteiger charge is -2.12. The van der Waals surface area contributed by atoms with Gasteiger partial charge in [0.2, 0.25) is 0 Å². The van der Waals surface area contributed by atoms with E-state index in [1.807, 2.05) is 19.1 Å². The Kier molecular flexibility index (Phi) is 3.14. The van der Waals surface area contributed by atoms with Crippen LogP contribution >= 0.6 is 0 Å². The Bertz CT molecular complexity index is 488. The summed E-state index contributed by atoms with van der Waals surface area (Å²) in [4.78, 5) is 10.7. The number of hydrogen-bond acceptors (Lipinski definition) is 3. The molecule has 88 valence electrons. The predicted octanol–water partition coefficient (Wildman–Crippen LogP) is 3.15. The highest BCUT2D eigenvalue weighted by molar-refractivity contribution is 5.87. The van der Waals surface area contributed by atoms with Crippen molar-refractivity contribution in [3.63, 3.8) is 0 Å². The smallest absolute Gasteiger partial charge is 0.335 e. The van der Waals surface area contributed by atoms with Crippen LogP contribution in [0.3, 0.4) is 0 Å². The zero-order valence-electron chi connectivity index (χ0n) is 9.38. The number of carboxylic acid groups (broad SMARTS) is 1. The Morgan fingerprint density at radius 3 is 2.53 bits per heavy atom. The topological polar surface area (TPSA) is 62.5 Å². The summed E-state index contributed by atoms with van der Waals surface area (Å²) in [6, 6.07) is 10.4. The molecule has 2 rings (SSSR count). The molecule has 1 aromatic carbocycles. The normalized spacial score (nSPS) is 12.1. The molecule has 0 aliphatic carbocycles. The maximum atomic E-state index is 10.7. The van der Waals surface area contributed by atoms with E-state index in [4.69, 9.17) is 9.52 Å². The highest BCUT2D eigenvalue weighted by atomic mass is 16.4. The first kappa shape index (κ1) is 11.3. The molecule has 0 saturated heterocycles. The molecular weight excluding hydrogens is 218 g/mol. The Balaban J connectivity index is 2.06. The van der Waals surface area contributed by atoms with Crippen LogP contribution in [0.5, 0.6) is 0 Å². The number of nitrogens with one attached hydrogen (secondary N) is 1. The summed E-state index contributed by atoms with van der Waals surface area (Å²) < 4.78 is 5.27. The van der Waals surface area contributed by atoms with E-state index in [0.717, 1.165) is 11.4 Å². The summed E-state index contributed by atoms with van der Waals surface area (Å²) >= 11 is 0. The summed E-state index contributed by atoms with van der Waals surface area (Å²) in [7, 11) is 0. The summed E-state index contributed by atoms with van der Waals surface area (Å²) in [6.07, 6.45) is 1.63. The summed E-state index contributed by atoms with van der Waals surface area (Å²) in [5, 5.41) is 12.0. The maximum Gasteiger partial charge on any atom is 0.335 e. The Labute approximate surface area is 98.9 Å². The van der Waals surface area contributed by atoms with Gasteiger partial charge in [0.25, 0.3) is 0 Å². The largest absolute Gasteiger partial charge is 0.478 e. The number of furan rings is 1. The molecule has 0 fully saturated rings. The number of benzene rings is 1. The molecule has 17 heavy (non-hydrogen) atoms. The highest BCUT2D eigenvalue weighted by Crippen LogP contribution is 2.19. The van der Waals surface area contributed by atoms with Crippen LogP contribution in [-0.4, -0.2) is 11.1 Å². The molecule has 1 atom stereocenters. The van der Waals surface area contributed by atoms with Crippen molar-refractivity contribution in [1.29, 1.82) is 0 Å². The minimum atomic E-state index is -0.921. The monoisotopic (exact) mass is 231 g/mol. The Morgan fingerprint density at radius 1 is 1.29 bits per heavy atom. The van der Waals surface area contributed by atoms with Gasteiger partial charge < -0.3 is 14.8 Å². The van der Waals surface area contributed by atoms with Crippen molar-refractivity contribution >= 4 is 11.7 Å². The molecule has 2 N–H and O–H groups in total. The van der Waals surface area contributed by atoms with Crippen molar-refractivity contribution in [2.45, 2.75) is 13.0 Å². The first-order valence-corrected chi connectivity index (χ1v) is 5.30. The van der Waals surface area contributed by atoms with Gasteiger partial charge in [0, 0.05) is 5.69 Å². The van der Waals surface area contributed by atoms with Crippen LogP contribution in [0.15, 0.2) is 47.1 Å². The zero-order chi connectivity index (χ0) is 12.3. The van der Waals surface area contributed by atoms with Crippen molar-refractivity contribution in [1.82, 2.24) is 0 Å². The van der Waals surface area contributed by atoms with Crippen LogP contribution < -0.4 is 5.32 Å². The van der Waals surface area contributed by atoms with Gasteiger partial charge >= 0.3 is 5.97 Å². The SMILES string of the molecule is CC(Nc1ccc(C(=O)O)cc1)c1ccco1. The van der Waals surface area contributed by atoms with E-state index in [9.17, 15) is 4.79 Å². The molecule has 1 aromatic heterocycles. The van der Waals surface area contributed by atoms with Gasteiger partial charge in [0.05, 0.1) is 17.9 Å². The van der Waals surface area contributed by atoms with Gasteiger partial charge in [-0.1, -0.05) is 0 Å². The van der Waals surface area contributed by atoms with Gasteiger partial charge in [-0.25, -0.2) is 4.79 Å². The second-order valence-corrected chi connectivity index (χ2v) is 3.76. The van der Waals surface area contributed by atoms with Crippen LogP contribution in [0.4, 0.5) is 5.69 Å². The number of carboxylic acids is 1. The summed E-state index contributed by atoms with van der Waals surface area (Å²) in [5.74, 6) is -0.0806. The van der Waals surface area contributed by atoms with E-state index in [1.54, 1.807) is 30.5 Å². The molecule has 0 spiro atoms. The van der Waals surface area contributed by atoms with Gasteiger partial charge in [-0.3, -0.25) is 0 Å². The van der Waals surface area contributed by atoms with Crippen LogP contribution in [0.25, 0.3) is 0 Å². The number of rotatable bonds is 4. The van der Waals surface area contributed by atoms with E-state index in [0.29, 0.717) is 0 Å². The van der Waals surface area contributed by atoms with Crippen LogP contribution in [0.1, 0.15) is 29.1 Å². The number of carbonyl (C=O) groups is 1. The standard InChI is InChI=1S/C13H13NO3/c1-9(12-3-2-8-17-12)14-11-6-4-10(5-7-11)13(15)16/h2-9,14H,1H3,(H,15,16). The average Bonchev–Trinajstić information content (AvgIpc) is 2.83. The second-order valence-electron chi connectivity index (χ2n) is 3.76. The van der Waals surface area contributed by atoms with Crippen molar-refractivity contribution in [3.05, 3.63) is 54.0 Å². The number of aromatic carboxylic acids is 1. The third-order valence-corrected chi connectivity index (χ3v) is 2.48. The molecule has 0 radical (unpaired) electrons. The minimum absolute atomic E-state index is 0.0423. The lowest BCUT2D eigenvalue weighted by molar-refractivity contribution is 0.0697. The number of anilines is 1. The van der Waals surface area contributed by atoms with Crippen LogP contribution in [0.2, 0.25) is 0 Å². The first-order chi connectivity index (χ1) is 8.16. The molecule has 4 heteroatoms. The van der Waals surface area contributed by atoms with Crippen LogP contribution in [0, 0.1) is 0 Å². The van der Waals surface area contributed by atoms with Gasteiger partial charge in [0.15, 0.2) is 0 Å². The fraction of sp³-hybridized carbons (Fsp3) is 0.154. The third kappa shape index (κ3) is 2.66. The Morgan fingerprint density at radius 2 is 2.00 bits per heavy atom. The summed E-state index contributed by atoms with van der Waals surface area (Å²) in [6.45, 7) is 1.98. The van der Waals surface area contributed by atoms with Crippen molar-refractivity contribution in [2.24, 2.45) is 0 Å². The minimum Gasteiger partial charge on any atom is -0.478 e. The van der Waals surface area contributed by atoms with Crippen molar-refractivity contribution in [2.75, 3.05) is 5.32 Å². The van der Waals surface area contributed by atoms with Gasteiger partial charge in [0.1, 0.15) is 5.76 Å². The van der Waals surface area contributed by atoms with E-state index in [2.05, 4.69) is 5.32 Å². The van der Waals surface area contributed by atoms with Crippen molar-refractivity contribution < 1.29 is 14.3 Å². The van der Waals surface area contributed by atoms with E-state index < -0.39 is 5.97 Å². The molecule has 0 amide bonds. The van der Waals surface area contributed by atoms with E-state index in [1.165, 1.54) is 0 Å². The van der Waals surface area contributed by atoms with Gasteiger partial charge in [-0.05, 0) is 43.3 Å². The van der Waals surface area contributed by atoms with Crippen LogP contribution in [-0.2, 0) is 0 Å². The molecule has 0 aliphatic heterocycles. The molecule has 1 heterocycles. The molecule has 0 aliphatic rings. The average molecular weight is 231 g/mol. The molecular formula is C13H13NO3. The first-order valence-electron chi connectivity index (χ1n) is 5.30. The zero-order valence-corrected chi connectivity index (χ0v) is 9.38. The lowest BCUT2D eigenvalue weighted by atomic mass is 10.2. The molecule has 2 aromatic rings. The quantitative estimate of drug-likeness (QED) is 0.848. The molecule has 1 unspecified atom stereocenters. The Hall–Kier alpha value is -2.23. The number of hydrogen-bond donors (Lipinski definition) is 2. The second kappa shape index (κ2) is 4.74. The lowest BCUT2D eigenvalue weighted by Crippen LogP contribution is -2.05. The predicted molar refractivity (Wildman–Crippen MR) is 64.1 cm³/mol. The van der Waals surface area contributed by atoms with Crippen molar-refractivity contribution in [3.8, 4) is 0 Å². The van der Waals surface area contributed by atoms with E-state index in [-0.39, 0.29) is 11.6 Å². The van der Waals surface area contributed by atoms with Gasteiger partial charge in [-0.2, -0.15) is 0 Å². The molecule has 0 bridgehead atoms. The van der Waals surface area contributed by atoms with Gasteiger partial charge in [-0.15, -0.1) is 0 Å². The fourth-order valence-corrected chi connectivity index (χ4v) is 1.57. The fourth-order valence-electron chi connectivity index (χ4n) is 1.57. The molecule has 0 saturated carbocycles. The third-order valence-electron chi connectivity index (χ3n) is 2.48. The highest BCUT2D eigenvalue weighted by Gasteiger charge is 2.08. The summed E-state index contributed by atoms with van der Waals surface area (Å²) in [5.41, 5.74) is 1.14.